The Hall–Kier alpha value is -3.81. The Morgan fingerprint density at radius 1 is 0.943 bits per heavy atom. The Balaban J connectivity index is 1.65. The topological polar surface area (TPSA) is 78.6 Å². The molecule has 0 saturated heterocycles. The Labute approximate surface area is 203 Å². The molecule has 2 heterocycles. The molecule has 0 aliphatic heterocycles. The van der Waals surface area contributed by atoms with Crippen LogP contribution in [0.1, 0.15) is 27.2 Å². The molecular formula is C28H28FN3O3. The first-order valence-corrected chi connectivity index (χ1v) is 11.5. The van der Waals surface area contributed by atoms with Crippen molar-refractivity contribution in [3.8, 4) is 11.4 Å². The van der Waals surface area contributed by atoms with E-state index in [2.05, 4.69) is 26.6 Å². The maximum absolute atomic E-state index is 13.4. The molecule has 6 nitrogen and oxygen atoms in total. The van der Waals surface area contributed by atoms with Crippen molar-refractivity contribution in [2.24, 2.45) is 0 Å². The molecule has 2 aromatic carbocycles. The molecule has 0 bridgehead atoms. The molecule has 7 heteroatoms. The monoisotopic (exact) mass is 473 g/mol. The standard InChI is InChI=1S/C28H28FN3O3/c29-24-8-6-21(7-9-24)13-15-32-25(20-31(16-17-33)19-22-4-2-1-3-5-22)10-11-27(32)26-18-23(28(34)35)12-14-30-26/h1-12,14,18,33H,13,15-17,19-20H2,(H,34,35). The van der Waals surface area contributed by atoms with Crippen LogP contribution in [-0.4, -0.2) is 43.8 Å². The van der Waals surface area contributed by atoms with Crippen molar-refractivity contribution >= 4 is 5.97 Å². The number of benzene rings is 2. The molecule has 0 aliphatic rings. The van der Waals surface area contributed by atoms with E-state index in [-0.39, 0.29) is 18.0 Å². The number of halogens is 1. The summed E-state index contributed by atoms with van der Waals surface area (Å²) in [5, 5.41) is 19.1. The minimum Gasteiger partial charge on any atom is -0.478 e. The fourth-order valence-electron chi connectivity index (χ4n) is 4.16. The van der Waals surface area contributed by atoms with Gasteiger partial charge in [0.25, 0.3) is 0 Å². The van der Waals surface area contributed by atoms with Crippen molar-refractivity contribution in [1.29, 1.82) is 0 Å². The second-order valence-corrected chi connectivity index (χ2v) is 8.39. The third kappa shape index (κ3) is 6.41. The summed E-state index contributed by atoms with van der Waals surface area (Å²) in [6, 6.07) is 23.6. The average molecular weight is 474 g/mol. The van der Waals surface area contributed by atoms with Gasteiger partial charge in [-0.3, -0.25) is 9.88 Å². The van der Waals surface area contributed by atoms with Crippen LogP contribution < -0.4 is 0 Å². The molecule has 4 rings (SSSR count). The van der Waals surface area contributed by atoms with E-state index >= 15 is 0 Å². The van der Waals surface area contributed by atoms with E-state index in [0.717, 1.165) is 22.5 Å². The van der Waals surface area contributed by atoms with Gasteiger partial charge in [0.2, 0.25) is 0 Å². The average Bonchev–Trinajstić information content (AvgIpc) is 3.27. The molecule has 0 atom stereocenters. The molecule has 0 unspecified atom stereocenters. The van der Waals surface area contributed by atoms with Gasteiger partial charge < -0.3 is 14.8 Å². The first-order chi connectivity index (χ1) is 17.0. The van der Waals surface area contributed by atoms with Crippen molar-refractivity contribution < 1.29 is 19.4 Å². The van der Waals surface area contributed by atoms with Gasteiger partial charge in [-0.25, -0.2) is 9.18 Å². The van der Waals surface area contributed by atoms with Crippen molar-refractivity contribution in [2.75, 3.05) is 13.2 Å². The number of aliphatic hydroxyl groups excluding tert-OH is 1. The summed E-state index contributed by atoms with van der Waals surface area (Å²) < 4.78 is 15.5. The number of carboxylic acids is 1. The van der Waals surface area contributed by atoms with Gasteiger partial charge in [0.05, 0.1) is 23.6 Å². The third-order valence-corrected chi connectivity index (χ3v) is 5.93. The lowest BCUT2D eigenvalue weighted by molar-refractivity contribution is 0.0696. The van der Waals surface area contributed by atoms with E-state index in [1.807, 2.05) is 30.3 Å². The van der Waals surface area contributed by atoms with Gasteiger partial charge >= 0.3 is 5.97 Å². The zero-order valence-electron chi connectivity index (χ0n) is 19.3. The number of aromatic carboxylic acids is 1. The molecule has 35 heavy (non-hydrogen) atoms. The summed E-state index contributed by atoms with van der Waals surface area (Å²) >= 11 is 0. The summed E-state index contributed by atoms with van der Waals surface area (Å²) in [5.74, 6) is -1.28. The van der Waals surface area contributed by atoms with Crippen molar-refractivity contribution in [3.63, 3.8) is 0 Å². The first kappa shape index (κ1) is 24.3. The number of rotatable bonds is 11. The number of aryl methyl sites for hydroxylation is 1. The van der Waals surface area contributed by atoms with E-state index in [1.165, 1.54) is 24.4 Å². The van der Waals surface area contributed by atoms with Crippen LogP contribution in [0.3, 0.4) is 0 Å². The van der Waals surface area contributed by atoms with Crippen LogP contribution in [0.5, 0.6) is 0 Å². The highest BCUT2D eigenvalue weighted by atomic mass is 19.1. The highest BCUT2D eigenvalue weighted by molar-refractivity contribution is 5.88. The number of carbonyl (C=O) groups is 1. The van der Waals surface area contributed by atoms with Crippen LogP contribution in [-0.2, 0) is 26.1 Å². The Bertz CT molecular complexity index is 1260. The predicted octanol–water partition coefficient (Wildman–Crippen LogP) is 4.62. The lowest BCUT2D eigenvalue weighted by Gasteiger charge is -2.23. The normalized spacial score (nSPS) is 11.2. The molecule has 0 spiro atoms. The van der Waals surface area contributed by atoms with Gasteiger partial charge in [0.1, 0.15) is 5.82 Å². The third-order valence-electron chi connectivity index (χ3n) is 5.93. The molecule has 0 radical (unpaired) electrons. The Morgan fingerprint density at radius 2 is 1.71 bits per heavy atom. The van der Waals surface area contributed by atoms with E-state index in [9.17, 15) is 19.4 Å². The molecule has 2 N–H and O–H groups in total. The predicted molar refractivity (Wildman–Crippen MR) is 132 cm³/mol. The molecule has 4 aromatic rings. The number of hydrogen-bond donors (Lipinski definition) is 2. The smallest absolute Gasteiger partial charge is 0.335 e. The number of carboxylic acid groups (broad SMARTS) is 1. The second kappa shape index (κ2) is 11.6. The van der Waals surface area contributed by atoms with Crippen LogP contribution in [0, 0.1) is 5.82 Å². The van der Waals surface area contributed by atoms with Crippen LogP contribution >= 0.6 is 0 Å². The summed E-state index contributed by atoms with van der Waals surface area (Å²) in [5.41, 5.74) is 4.74. The van der Waals surface area contributed by atoms with Gasteiger partial charge in [0, 0.05) is 38.1 Å². The summed E-state index contributed by atoms with van der Waals surface area (Å²) in [7, 11) is 0. The molecule has 0 saturated carbocycles. The molecule has 0 amide bonds. The zero-order chi connectivity index (χ0) is 24.6. The van der Waals surface area contributed by atoms with Crippen molar-refractivity contribution in [1.82, 2.24) is 14.5 Å². The highest BCUT2D eigenvalue weighted by Crippen LogP contribution is 2.24. The molecular weight excluding hydrogens is 445 g/mol. The maximum atomic E-state index is 13.4. The van der Waals surface area contributed by atoms with Crippen LogP contribution in [0.4, 0.5) is 4.39 Å². The molecule has 0 fully saturated rings. The van der Waals surface area contributed by atoms with Crippen LogP contribution in [0.15, 0.2) is 85.1 Å². The molecule has 2 aromatic heterocycles. The lowest BCUT2D eigenvalue weighted by atomic mass is 10.1. The van der Waals surface area contributed by atoms with Gasteiger partial charge in [-0.15, -0.1) is 0 Å². The Morgan fingerprint density at radius 3 is 2.43 bits per heavy atom. The summed E-state index contributed by atoms with van der Waals surface area (Å²) in [6.45, 7) is 2.45. The fourth-order valence-corrected chi connectivity index (χ4v) is 4.16. The number of aromatic nitrogens is 2. The number of aliphatic hydroxyl groups is 1. The largest absolute Gasteiger partial charge is 0.478 e. The van der Waals surface area contributed by atoms with E-state index < -0.39 is 5.97 Å². The fraction of sp³-hybridized carbons (Fsp3) is 0.214. The zero-order valence-corrected chi connectivity index (χ0v) is 19.3. The quantitative estimate of drug-likeness (QED) is 0.332. The van der Waals surface area contributed by atoms with Gasteiger partial charge in [0.15, 0.2) is 0 Å². The molecule has 0 aliphatic carbocycles. The van der Waals surface area contributed by atoms with E-state index in [1.54, 1.807) is 18.2 Å². The second-order valence-electron chi connectivity index (χ2n) is 8.39. The number of pyridine rings is 1. The first-order valence-electron chi connectivity index (χ1n) is 11.5. The lowest BCUT2D eigenvalue weighted by Crippen LogP contribution is -2.27. The van der Waals surface area contributed by atoms with Crippen molar-refractivity contribution in [2.45, 2.75) is 26.1 Å². The van der Waals surface area contributed by atoms with Gasteiger partial charge in [-0.1, -0.05) is 42.5 Å². The van der Waals surface area contributed by atoms with Crippen molar-refractivity contribution in [3.05, 3.63) is 113 Å². The van der Waals surface area contributed by atoms with Gasteiger partial charge in [-0.2, -0.15) is 0 Å². The number of hydrogen-bond acceptors (Lipinski definition) is 4. The van der Waals surface area contributed by atoms with Crippen LogP contribution in [0.25, 0.3) is 11.4 Å². The van der Waals surface area contributed by atoms with E-state index in [0.29, 0.717) is 38.3 Å². The minimum atomic E-state index is -1.00. The number of nitrogens with zero attached hydrogens (tertiary/aromatic N) is 3. The SMILES string of the molecule is O=C(O)c1ccnc(-c2ccc(CN(CCO)Cc3ccccc3)n2CCc2ccc(F)cc2)c1. The highest BCUT2D eigenvalue weighted by Gasteiger charge is 2.16. The summed E-state index contributed by atoms with van der Waals surface area (Å²) in [4.78, 5) is 18.1. The van der Waals surface area contributed by atoms with Crippen LogP contribution in [0.2, 0.25) is 0 Å². The van der Waals surface area contributed by atoms with Gasteiger partial charge in [-0.05, 0) is 53.9 Å². The van der Waals surface area contributed by atoms with E-state index in [4.69, 9.17) is 0 Å². The molecule has 180 valence electrons. The maximum Gasteiger partial charge on any atom is 0.335 e. The Kier molecular flexibility index (Phi) is 8.03. The summed E-state index contributed by atoms with van der Waals surface area (Å²) in [6.07, 6.45) is 2.18. The minimum absolute atomic E-state index is 0.0399.